The number of carboxylic acids is 1. The van der Waals surface area contributed by atoms with Gasteiger partial charge < -0.3 is 15.3 Å². The van der Waals surface area contributed by atoms with Crippen LogP contribution in [0.5, 0.6) is 0 Å². The normalized spacial score (nSPS) is 26.4. The average Bonchev–Trinajstić information content (AvgIpc) is 2.43. The van der Waals surface area contributed by atoms with Crippen LogP contribution in [0.4, 0.5) is 0 Å². The largest absolute Gasteiger partial charge is 0.480 e. The lowest BCUT2D eigenvalue weighted by Gasteiger charge is -2.33. The Morgan fingerprint density at radius 2 is 1.90 bits per heavy atom. The fourth-order valence-electron chi connectivity index (χ4n) is 3.04. The Balaban J connectivity index is 2.22. The summed E-state index contributed by atoms with van der Waals surface area (Å²) in [6, 6.07) is 0.737. The maximum Gasteiger partial charge on any atom is 0.323 e. The molecule has 0 radical (unpaired) electrons. The monoisotopic (exact) mass is 284 g/mol. The van der Waals surface area contributed by atoms with Crippen LogP contribution < -0.4 is 5.32 Å². The molecular formula is C16H32N2O2. The van der Waals surface area contributed by atoms with Crippen molar-refractivity contribution in [3.63, 3.8) is 0 Å². The molecule has 0 heterocycles. The third kappa shape index (κ3) is 5.06. The molecule has 0 aromatic carbocycles. The maximum absolute atomic E-state index is 11.2. The highest BCUT2D eigenvalue weighted by Crippen LogP contribution is 2.26. The van der Waals surface area contributed by atoms with Gasteiger partial charge in [0.15, 0.2) is 0 Å². The van der Waals surface area contributed by atoms with Gasteiger partial charge in [-0.1, -0.05) is 6.92 Å². The van der Waals surface area contributed by atoms with Crippen molar-refractivity contribution in [3.8, 4) is 0 Å². The van der Waals surface area contributed by atoms with Crippen LogP contribution in [0, 0.1) is 5.92 Å². The molecule has 20 heavy (non-hydrogen) atoms. The molecule has 0 aliphatic heterocycles. The number of hydrogen-bond donors (Lipinski definition) is 2. The summed E-state index contributed by atoms with van der Waals surface area (Å²) >= 11 is 0. The molecule has 1 fully saturated rings. The molecule has 0 spiro atoms. The number of unbranched alkanes of at least 4 members (excludes halogenated alkanes) is 1. The summed E-state index contributed by atoms with van der Waals surface area (Å²) in [6.45, 7) is 5.20. The van der Waals surface area contributed by atoms with E-state index in [1.54, 1.807) is 14.0 Å². The lowest BCUT2D eigenvalue weighted by Crippen LogP contribution is -2.47. The minimum Gasteiger partial charge on any atom is -0.480 e. The first-order valence-electron chi connectivity index (χ1n) is 8.01. The fraction of sp³-hybridized carbons (Fsp3) is 0.938. The van der Waals surface area contributed by atoms with Gasteiger partial charge >= 0.3 is 5.97 Å². The van der Waals surface area contributed by atoms with E-state index < -0.39 is 11.5 Å². The predicted molar refractivity (Wildman–Crippen MR) is 83.0 cm³/mol. The number of rotatable bonds is 8. The van der Waals surface area contributed by atoms with Crippen LogP contribution in [0.3, 0.4) is 0 Å². The van der Waals surface area contributed by atoms with E-state index in [9.17, 15) is 9.90 Å². The number of nitrogens with zero attached hydrogens (tertiary/aromatic N) is 1. The molecule has 1 saturated carbocycles. The van der Waals surface area contributed by atoms with Crippen LogP contribution in [-0.2, 0) is 4.79 Å². The number of carbonyl (C=O) groups is 1. The van der Waals surface area contributed by atoms with Crippen LogP contribution in [0.2, 0.25) is 0 Å². The smallest absolute Gasteiger partial charge is 0.323 e. The predicted octanol–water partition coefficient (Wildman–Crippen LogP) is 2.73. The molecule has 0 aromatic rings. The van der Waals surface area contributed by atoms with Gasteiger partial charge in [0, 0.05) is 6.04 Å². The lowest BCUT2D eigenvalue weighted by atomic mass is 9.86. The molecule has 1 atom stereocenters. The van der Waals surface area contributed by atoms with Gasteiger partial charge in [-0.15, -0.1) is 0 Å². The van der Waals surface area contributed by atoms with Crippen molar-refractivity contribution in [1.82, 2.24) is 10.2 Å². The van der Waals surface area contributed by atoms with Crippen LogP contribution in [-0.4, -0.2) is 48.2 Å². The zero-order valence-electron chi connectivity index (χ0n) is 13.6. The minimum absolute atomic E-state index is 0.689. The molecule has 0 bridgehead atoms. The highest BCUT2D eigenvalue weighted by atomic mass is 16.4. The van der Waals surface area contributed by atoms with Gasteiger partial charge in [0.1, 0.15) is 5.54 Å². The van der Waals surface area contributed by atoms with Crippen molar-refractivity contribution in [2.75, 3.05) is 20.6 Å². The Hall–Kier alpha value is -0.610. The molecular weight excluding hydrogens is 252 g/mol. The van der Waals surface area contributed by atoms with Gasteiger partial charge in [0.05, 0.1) is 0 Å². The van der Waals surface area contributed by atoms with E-state index in [0.29, 0.717) is 6.42 Å². The molecule has 118 valence electrons. The van der Waals surface area contributed by atoms with Crippen molar-refractivity contribution < 1.29 is 9.90 Å². The van der Waals surface area contributed by atoms with Crippen LogP contribution in [0.1, 0.15) is 58.8 Å². The Bertz CT molecular complexity index is 301. The van der Waals surface area contributed by atoms with Gasteiger partial charge in [0.25, 0.3) is 0 Å². The van der Waals surface area contributed by atoms with Crippen molar-refractivity contribution in [1.29, 1.82) is 0 Å². The quantitative estimate of drug-likeness (QED) is 0.673. The summed E-state index contributed by atoms with van der Waals surface area (Å²) in [5.41, 5.74) is -0.779. The Morgan fingerprint density at radius 3 is 2.40 bits per heavy atom. The van der Waals surface area contributed by atoms with E-state index in [0.717, 1.165) is 31.3 Å². The van der Waals surface area contributed by atoms with Crippen molar-refractivity contribution in [2.24, 2.45) is 5.92 Å². The number of nitrogens with one attached hydrogen (secondary N) is 1. The van der Waals surface area contributed by atoms with E-state index in [2.05, 4.69) is 24.2 Å². The highest BCUT2D eigenvalue weighted by molar-refractivity contribution is 5.78. The number of carboxylic acid groups (broad SMARTS) is 1. The molecule has 1 unspecified atom stereocenters. The van der Waals surface area contributed by atoms with Crippen LogP contribution >= 0.6 is 0 Å². The highest BCUT2D eigenvalue weighted by Gasteiger charge is 2.30. The summed E-state index contributed by atoms with van der Waals surface area (Å²) in [4.78, 5) is 13.7. The Kier molecular flexibility index (Phi) is 6.96. The lowest BCUT2D eigenvalue weighted by molar-refractivity contribution is -0.144. The molecule has 0 amide bonds. The zero-order chi connectivity index (χ0) is 15.2. The van der Waals surface area contributed by atoms with E-state index in [4.69, 9.17) is 0 Å². The second kappa shape index (κ2) is 7.99. The molecule has 1 aliphatic rings. The molecule has 0 aromatic heterocycles. The Morgan fingerprint density at radius 1 is 1.30 bits per heavy atom. The topological polar surface area (TPSA) is 52.6 Å². The zero-order valence-corrected chi connectivity index (χ0v) is 13.6. The van der Waals surface area contributed by atoms with Gasteiger partial charge in [-0.05, 0) is 78.4 Å². The van der Waals surface area contributed by atoms with Crippen molar-refractivity contribution in [3.05, 3.63) is 0 Å². The standard InChI is InChI=1S/C16H32N2O2/c1-13-7-9-14(10-8-13)18(4)12-6-5-11-16(2,17-3)15(19)20/h13-14,17H,5-12H2,1-4H3,(H,19,20). The van der Waals surface area contributed by atoms with E-state index >= 15 is 0 Å². The fourth-order valence-corrected chi connectivity index (χ4v) is 3.04. The third-order valence-electron chi connectivity index (χ3n) is 5.07. The second-order valence-corrected chi connectivity index (χ2v) is 6.74. The summed E-state index contributed by atoms with van der Waals surface area (Å²) in [7, 11) is 3.94. The van der Waals surface area contributed by atoms with E-state index in [-0.39, 0.29) is 0 Å². The van der Waals surface area contributed by atoms with Crippen LogP contribution in [0.25, 0.3) is 0 Å². The SMILES string of the molecule is CNC(C)(CCCCN(C)C1CCC(C)CC1)C(=O)O. The second-order valence-electron chi connectivity index (χ2n) is 6.74. The van der Waals surface area contributed by atoms with Crippen LogP contribution in [0.15, 0.2) is 0 Å². The minimum atomic E-state index is -0.779. The summed E-state index contributed by atoms with van der Waals surface area (Å²) in [5, 5.41) is 12.1. The number of likely N-dealkylation sites (N-methyl/N-ethyl adjacent to an activating group) is 1. The molecule has 1 aliphatic carbocycles. The first-order valence-corrected chi connectivity index (χ1v) is 8.01. The summed E-state index contributed by atoms with van der Waals surface area (Å²) < 4.78 is 0. The van der Waals surface area contributed by atoms with E-state index in [1.165, 1.54) is 25.7 Å². The molecule has 0 saturated heterocycles. The van der Waals surface area contributed by atoms with E-state index in [1.807, 2.05) is 0 Å². The maximum atomic E-state index is 11.2. The molecule has 1 rings (SSSR count). The molecule has 4 nitrogen and oxygen atoms in total. The van der Waals surface area contributed by atoms with Crippen molar-refractivity contribution in [2.45, 2.75) is 70.4 Å². The Labute approximate surface area is 123 Å². The number of hydrogen-bond acceptors (Lipinski definition) is 3. The van der Waals surface area contributed by atoms with Gasteiger partial charge in [-0.25, -0.2) is 0 Å². The summed E-state index contributed by atoms with van der Waals surface area (Å²) in [6.07, 6.45) is 8.07. The summed E-state index contributed by atoms with van der Waals surface area (Å²) in [5.74, 6) is 0.140. The molecule has 2 N–H and O–H groups in total. The molecule has 4 heteroatoms. The van der Waals surface area contributed by atoms with Gasteiger partial charge in [0.2, 0.25) is 0 Å². The van der Waals surface area contributed by atoms with Gasteiger partial charge in [-0.2, -0.15) is 0 Å². The first-order chi connectivity index (χ1) is 9.39. The number of aliphatic carboxylic acids is 1. The third-order valence-corrected chi connectivity index (χ3v) is 5.07. The van der Waals surface area contributed by atoms with Gasteiger partial charge in [-0.3, -0.25) is 4.79 Å². The van der Waals surface area contributed by atoms with Crippen molar-refractivity contribution >= 4 is 5.97 Å². The first kappa shape index (κ1) is 17.4. The average molecular weight is 284 g/mol.